The van der Waals surface area contributed by atoms with E-state index in [2.05, 4.69) is 21.2 Å². The van der Waals surface area contributed by atoms with E-state index >= 15 is 0 Å². The monoisotopic (exact) mass is 346 g/mol. The summed E-state index contributed by atoms with van der Waals surface area (Å²) < 4.78 is 14.3. The second kappa shape index (κ2) is 8.92. The van der Waals surface area contributed by atoms with Gasteiger partial charge in [0.05, 0.1) is 6.61 Å². The molecule has 4 nitrogen and oxygen atoms in total. The fourth-order valence-electron chi connectivity index (χ4n) is 1.86. The van der Waals surface area contributed by atoms with Gasteiger partial charge in [-0.05, 0) is 36.6 Å². The molecule has 0 aliphatic heterocycles. The number of benzene rings is 1. The molecule has 0 unspecified atom stereocenters. The maximum absolute atomic E-state index is 13.5. The molecule has 2 N–H and O–H groups in total. The zero-order chi connectivity index (χ0) is 15.0. The molecule has 0 aliphatic carbocycles. The van der Waals surface area contributed by atoms with E-state index in [1.807, 2.05) is 6.92 Å². The predicted octanol–water partition coefficient (Wildman–Crippen LogP) is 2.54. The first kappa shape index (κ1) is 16.9. The molecule has 0 spiro atoms. The number of aliphatic hydroxyl groups is 1. The number of carbonyl (C=O) groups excluding carboxylic acids is 1. The van der Waals surface area contributed by atoms with Crippen molar-refractivity contribution in [3.05, 3.63) is 34.1 Å². The van der Waals surface area contributed by atoms with Crippen LogP contribution >= 0.6 is 15.9 Å². The van der Waals surface area contributed by atoms with Crippen molar-refractivity contribution in [1.82, 2.24) is 10.2 Å². The zero-order valence-electron chi connectivity index (χ0n) is 11.5. The van der Waals surface area contributed by atoms with Crippen LogP contribution in [0, 0.1) is 5.82 Å². The molecule has 1 aromatic carbocycles. The minimum Gasteiger partial charge on any atom is -0.395 e. The molecule has 0 bridgehead atoms. The van der Waals surface area contributed by atoms with Crippen LogP contribution in [0.25, 0.3) is 0 Å². The van der Waals surface area contributed by atoms with Crippen molar-refractivity contribution < 1.29 is 14.3 Å². The number of nitrogens with zero attached hydrogens (tertiary/aromatic N) is 1. The largest absolute Gasteiger partial charge is 0.395 e. The van der Waals surface area contributed by atoms with Gasteiger partial charge in [-0.2, -0.15) is 0 Å². The average Bonchev–Trinajstić information content (AvgIpc) is 2.42. The lowest BCUT2D eigenvalue weighted by atomic mass is 10.1. The molecule has 1 rings (SSSR count). The summed E-state index contributed by atoms with van der Waals surface area (Å²) in [4.78, 5) is 13.4. The second-order valence-corrected chi connectivity index (χ2v) is 5.34. The molecule has 0 aromatic heterocycles. The van der Waals surface area contributed by atoms with Gasteiger partial charge in [0, 0.05) is 24.1 Å². The second-order valence-electron chi connectivity index (χ2n) is 4.43. The van der Waals surface area contributed by atoms with Gasteiger partial charge in [0.1, 0.15) is 5.82 Å². The van der Waals surface area contributed by atoms with Crippen molar-refractivity contribution in [3.63, 3.8) is 0 Å². The van der Waals surface area contributed by atoms with E-state index in [1.165, 1.54) is 6.07 Å². The summed E-state index contributed by atoms with van der Waals surface area (Å²) in [6, 6.07) is 4.52. The van der Waals surface area contributed by atoms with E-state index in [0.29, 0.717) is 31.6 Å². The van der Waals surface area contributed by atoms with Gasteiger partial charge >= 0.3 is 6.03 Å². The quantitative estimate of drug-likeness (QED) is 0.797. The molecule has 0 aliphatic rings. The number of carbonyl (C=O) groups is 1. The predicted molar refractivity (Wildman–Crippen MR) is 80.2 cm³/mol. The summed E-state index contributed by atoms with van der Waals surface area (Å²) in [7, 11) is 0. The Hall–Kier alpha value is -1.14. The maximum Gasteiger partial charge on any atom is 0.317 e. The van der Waals surface area contributed by atoms with Crippen LogP contribution in [0.2, 0.25) is 0 Å². The van der Waals surface area contributed by atoms with Gasteiger partial charge < -0.3 is 15.3 Å². The standard InChI is InChI=1S/C14H20BrFN2O2/c1-2-7-18(8-9-19)14(20)17-6-5-11-10-12(15)3-4-13(11)16/h3-4,10,19H,2,5-9H2,1H3,(H,17,20). The zero-order valence-corrected chi connectivity index (χ0v) is 13.1. The Morgan fingerprint density at radius 2 is 2.20 bits per heavy atom. The highest BCUT2D eigenvalue weighted by molar-refractivity contribution is 9.10. The first-order valence-corrected chi connectivity index (χ1v) is 7.45. The number of rotatable bonds is 7. The van der Waals surface area contributed by atoms with Crippen LogP contribution in [0.5, 0.6) is 0 Å². The molecule has 0 saturated carbocycles. The molecule has 0 heterocycles. The van der Waals surface area contributed by atoms with Crippen molar-refractivity contribution in [2.24, 2.45) is 0 Å². The minimum atomic E-state index is -0.275. The third-order valence-corrected chi connectivity index (χ3v) is 3.32. The molecule has 20 heavy (non-hydrogen) atoms. The molecular formula is C14H20BrFN2O2. The lowest BCUT2D eigenvalue weighted by Crippen LogP contribution is -2.42. The van der Waals surface area contributed by atoms with Gasteiger partial charge in [0.25, 0.3) is 0 Å². The maximum atomic E-state index is 13.5. The van der Waals surface area contributed by atoms with Gasteiger partial charge in [-0.1, -0.05) is 22.9 Å². The lowest BCUT2D eigenvalue weighted by molar-refractivity contribution is 0.177. The van der Waals surface area contributed by atoms with E-state index in [0.717, 1.165) is 10.9 Å². The molecule has 0 radical (unpaired) electrons. The van der Waals surface area contributed by atoms with Gasteiger partial charge in [-0.3, -0.25) is 0 Å². The SMILES string of the molecule is CCCN(CCO)C(=O)NCCc1cc(Br)ccc1F. The van der Waals surface area contributed by atoms with Gasteiger partial charge in [0.2, 0.25) is 0 Å². The van der Waals surface area contributed by atoms with E-state index < -0.39 is 0 Å². The number of hydrogen-bond acceptors (Lipinski definition) is 2. The Kier molecular flexibility index (Phi) is 7.54. The molecule has 2 amide bonds. The lowest BCUT2D eigenvalue weighted by Gasteiger charge is -2.21. The summed E-state index contributed by atoms with van der Waals surface area (Å²) in [6.45, 7) is 3.17. The van der Waals surface area contributed by atoms with Crippen LogP contribution in [-0.2, 0) is 6.42 Å². The average molecular weight is 347 g/mol. The normalized spacial score (nSPS) is 10.4. The van der Waals surface area contributed by atoms with Gasteiger partial charge in [0.15, 0.2) is 0 Å². The highest BCUT2D eigenvalue weighted by Crippen LogP contribution is 2.15. The van der Waals surface area contributed by atoms with Crippen LogP contribution in [0.15, 0.2) is 22.7 Å². The highest BCUT2D eigenvalue weighted by Gasteiger charge is 2.11. The van der Waals surface area contributed by atoms with Crippen molar-refractivity contribution in [2.45, 2.75) is 19.8 Å². The number of aliphatic hydroxyl groups excluding tert-OH is 1. The Morgan fingerprint density at radius 1 is 1.45 bits per heavy atom. The van der Waals surface area contributed by atoms with Crippen LogP contribution < -0.4 is 5.32 Å². The number of halogens is 2. The first-order valence-electron chi connectivity index (χ1n) is 6.66. The van der Waals surface area contributed by atoms with Crippen molar-refractivity contribution >= 4 is 22.0 Å². The van der Waals surface area contributed by atoms with E-state index in [9.17, 15) is 9.18 Å². The molecule has 0 atom stereocenters. The number of nitrogens with one attached hydrogen (secondary N) is 1. The minimum absolute atomic E-state index is 0.0618. The van der Waals surface area contributed by atoms with Crippen LogP contribution in [0.3, 0.4) is 0 Å². The van der Waals surface area contributed by atoms with Gasteiger partial charge in [-0.15, -0.1) is 0 Å². The topological polar surface area (TPSA) is 52.6 Å². The fourth-order valence-corrected chi connectivity index (χ4v) is 2.26. The summed E-state index contributed by atoms with van der Waals surface area (Å²) in [5.41, 5.74) is 0.559. The van der Waals surface area contributed by atoms with E-state index in [-0.39, 0.29) is 18.5 Å². The number of urea groups is 1. The summed E-state index contributed by atoms with van der Waals surface area (Å²) in [5, 5.41) is 11.6. The summed E-state index contributed by atoms with van der Waals surface area (Å²) in [6.07, 6.45) is 1.25. The van der Waals surface area contributed by atoms with Crippen molar-refractivity contribution in [3.8, 4) is 0 Å². The third kappa shape index (κ3) is 5.46. The molecule has 6 heteroatoms. The molecule has 112 valence electrons. The molecule has 0 fully saturated rings. The Morgan fingerprint density at radius 3 is 2.85 bits per heavy atom. The fraction of sp³-hybridized carbons (Fsp3) is 0.500. The van der Waals surface area contributed by atoms with Crippen molar-refractivity contribution in [2.75, 3.05) is 26.2 Å². The Bertz CT molecular complexity index is 437. The Balaban J connectivity index is 2.46. The number of amides is 2. The molecule has 1 aromatic rings. The molecular weight excluding hydrogens is 327 g/mol. The van der Waals surface area contributed by atoms with E-state index in [1.54, 1.807) is 17.0 Å². The van der Waals surface area contributed by atoms with Crippen molar-refractivity contribution in [1.29, 1.82) is 0 Å². The number of hydrogen-bond donors (Lipinski definition) is 2. The smallest absolute Gasteiger partial charge is 0.317 e. The van der Waals surface area contributed by atoms with Gasteiger partial charge in [-0.25, -0.2) is 9.18 Å². The van der Waals surface area contributed by atoms with E-state index in [4.69, 9.17) is 5.11 Å². The molecule has 0 saturated heterocycles. The van der Waals surface area contributed by atoms with Crippen LogP contribution in [0.1, 0.15) is 18.9 Å². The van der Waals surface area contributed by atoms with Crippen LogP contribution in [0.4, 0.5) is 9.18 Å². The third-order valence-electron chi connectivity index (χ3n) is 2.83. The summed E-state index contributed by atoms with van der Waals surface area (Å²) >= 11 is 3.29. The summed E-state index contributed by atoms with van der Waals surface area (Å²) in [5.74, 6) is -0.275. The Labute approximate surface area is 127 Å². The highest BCUT2D eigenvalue weighted by atomic mass is 79.9. The first-order chi connectivity index (χ1) is 9.58. The van der Waals surface area contributed by atoms with Crippen LogP contribution in [-0.4, -0.2) is 42.3 Å².